The first-order valence-corrected chi connectivity index (χ1v) is 9.07. The summed E-state index contributed by atoms with van der Waals surface area (Å²) in [5.41, 5.74) is 4.83. The second-order valence-corrected chi connectivity index (χ2v) is 7.14. The van der Waals surface area contributed by atoms with E-state index >= 15 is 0 Å². The average Bonchev–Trinajstić information content (AvgIpc) is 2.97. The van der Waals surface area contributed by atoms with Crippen LogP contribution in [-0.2, 0) is 36.0 Å². The van der Waals surface area contributed by atoms with Crippen LogP contribution in [0.5, 0.6) is 0 Å². The zero-order chi connectivity index (χ0) is 18.1. The molecule has 134 valence electrons. The molecule has 0 saturated carbocycles. The molecule has 0 saturated heterocycles. The number of aromatic nitrogens is 1. The lowest BCUT2D eigenvalue weighted by Gasteiger charge is -2.29. The van der Waals surface area contributed by atoms with E-state index in [1.54, 1.807) is 4.90 Å². The van der Waals surface area contributed by atoms with Crippen molar-refractivity contribution in [1.29, 1.82) is 0 Å². The zero-order valence-corrected chi connectivity index (χ0v) is 15.3. The van der Waals surface area contributed by atoms with E-state index in [2.05, 4.69) is 41.1 Å². The Hall–Kier alpha value is -2.59. The minimum atomic E-state index is 0.0615. The van der Waals surface area contributed by atoms with E-state index in [-0.39, 0.29) is 12.0 Å². The molecule has 4 rings (SSSR count). The summed E-state index contributed by atoms with van der Waals surface area (Å²) in [5.74, 6) is 0.129. The van der Waals surface area contributed by atoms with Gasteiger partial charge in [0.05, 0.1) is 19.1 Å². The molecule has 26 heavy (non-hydrogen) atoms. The average molecular weight is 348 g/mol. The highest BCUT2D eigenvalue weighted by Gasteiger charge is 2.22. The lowest BCUT2D eigenvalue weighted by atomic mass is 9.99. The fourth-order valence-electron chi connectivity index (χ4n) is 3.80. The number of amides is 1. The van der Waals surface area contributed by atoms with Crippen LogP contribution in [0.4, 0.5) is 0 Å². The van der Waals surface area contributed by atoms with Crippen molar-refractivity contribution in [2.75, 3.05) is 13.6 Å². The van der Waals surface area contributed by atoms with Gasteiger partial charge in [-0.2, -0.15) is 0 Å². The molecule has 3 aromatic rings. The molecule has 4 heteroatoms. The molecule has 1 unspecified atom stereocenters. The SMILES string of the molecule is CN(CC1Cc2ccccc2CO1)C(=O)Cc1cn(C)c2ccccc12. The smallest absolute Gasteiger partial charge is 0.226 e. The topological polar surface area (TPSA) is 34.5 Å². The summed E-state index contributed by atoms with van der Waals surface area (Å²) in [4.78, 5) is 14.6. The van der Waals surface area contributed by atoms with Crippen molar-refractivity contribution >= 4 is 16.8 Å². The van der Waals surface area contributed by atoms with Crippen LogP contribution in [0.1, 0.15) is 16.7 Å². The maximum atomic E-state index is 12.7. The van der Waals surface area contributed by atoms with Gasteiger partial charge in [0.15, 0.2) is 0 Å². The summed E-state index contributed by atoms with van der Waals surface area (Å²) in [6, 6.07) is 16.6. The fourth-order valence-corrected chi connectivity index (χ4v) is 3.80. The molecule has 4 nitrogen and oxygen atoms in total. The third-order valence-electron chi connectivity index (χ3n) is 5.26. The Morgan fingerprint density at radius 2 is 1.88 bits per heavy atom. The molecule has 1 amide bonds. The summed E-state index contributed by atoms with van der Waals surface area (Å²) in [7, 11) is 3.89. The van der Waals surface area contributed by atoms with E-state index in [4.69, 9.17) is 4.74 Å². The highest BCUT2D eigenvalue weighted by Crippen LogP contribution is 2.23. The van der Waals surface area contributed by atoms with Gasteiger partial charge in [-0.25, -0.2) is 0 Å². The van der Waals surface area contributed by atoms with Gasteiger partial charge >= 0.3 is 0 Å². The van der Waals surface area contributed by atoms with Crippen molar-refractivity contribution < 1.29 is 9.53 Å². The number of rotatable bonds is 4. The van der Waals surface area contributed by atoms with Crippen LogP contribution >= 0.6 is 0 Å². The van der Waals surface area contributed by atoms with Crippen LogP contribution in [-0.4, -0.2) is 35.1 Å². The van der Waals surface area contributed by atoms with Crippen molar-refractivity contribution in [3.8, 4) is 0 Å². The Kier molecular flexibility index (Phi) is 4.51. The van der Waals surface area contributed by atoms with Crippen molar-refractivity contribution in [2.24, 2.45) is 7.05 Å². The number of fused-ring (bicyclic) bond motifs is 2. The number of carbonyl (C=O) groups is 1. The van der Waals surface area contributed by atoms with Crippen LogP contribution in [0.2, 0.25) is 0 Å². The lowest BCUT2D eigenvalue weighted by Crippen LogP contribution is -2.38. The zero-order valence-electron chi connectivity index (χ0n) is 15.3. The first-order chi connectivity index (χ1) is 12.6. The molecular formula is C22H24N2O2. The molecular weight excluding hydrogens is 324 g/mol. The van der Waals surface area contributed by atoms with Gasteiger partial charge in [-0.05, 0) is 22.8 Å². The summed E-state index contributed by atoms with van der Waals surface area (Å²) >= 11 is 0. The predicted molar refractivity (Wildman–Crippen MR) is 103 cm³/mol. The monoisotopic (exact) mass is 348 g/mol. The quantitative estimate of drug-likeness (QED) is 0.725. The molecule has 2 heterocycles. The normalized spacial score (nSPS) is 16.5. The van der Waals surface area contributed by atoms with E-state index in [0.29, 0.717) is 19.6 Å². The minimum Gasteiger partial charge on any atom is -0.371 e. The Morgan fingerprint density at radius 3 is 2.73 bits per heavy atom. The summed E-state index contributed by atoms with van der Waals surface area (Å²) in [6.07, 6.45) is 3.40. The van der Waals surface area contributed by atoms with E-state index in [9.17, 15) is 4.79 Å². The second kappa shape index (κ2) is 6.96. The predicted octanol–water partition coefficient (Wildman–Crippen LogP) is 3.32. The number of hydrogen-bond donors (Lipinski definition) is 0. The summed E-state index contributed by atoms with van der Waals surface area (Å²) < 4.78 is 8.03. The van der Waals surface area contributed by atoms with Gasteiger partial charge in [0.1, 0.15) is 0 Å². The van der Waals surface area contributed by atoms with Crippen LogP contribution in [0.15, 0.2) is 54.7 Å². The van der Waals surface area contributed by atoms with E-state index < -0.39 is 0 Å². The molecule has 0 bridgehead atoms. The Bertz CT molecular complexity index is 944. The molecule has 0 spiro atoms. The molecule has 0 fully saturated rings. The van der Waals surface area contributed by atoms with E-state index in [0.717, 1.165) is 22.9 Å². The van der Waals surface area contributed by atoms with Crippen LogP contribution < -0.4 is 0 Å². The maximum absolute atomic E-state index is 12.7. The molecule has 1 aliphatic heterocycles. The minimum absolute atomic E-state index is 0.0615. The number of ether oxygens (including phenoxy) is 1. The number of carbonyl (C=O) groups excluding carboxylic acids is 1. The molecule has 1 aliphatic rings. The van der Waals surface area contributed by atoms with E-state index in [1.165, 1.54) is 11.1 Å². The Labute approximate surface area is 154 Å². The van der Waals surface area contributed by atoms with Gasteiger partial charge in [0.25, 0.3) is 0 Å². The molecule has 1 atom stereocenters. The third kappa shape index (κ3) is 3.25. The Balaban J connectivity index is 1.42. The molecule has 0 aliphatic carbocycles. The first-order valence-electron chi connectivity index (χ1n) is 9.07. The van der Waals surface area contributed by atoms with Crippen LogP contribution in [0, 0.1) is 0 Å². The largest absolute Gasteiger partial charge is 0.371 e. The van der Waals surface area contributed by atoms with Gasteiger partial charge in [-0.3, -0.25) is 4.79 Å². The van der Waals surface area contributed by atoms with Gasteiger partial charge in [0, 0.05) is 44.2 Å². The van der Waals surface area contributed by atoms with Gasteiger partial charge < -0.3 is 14.2 Å². The summed E-state index contributed by atoms with van der Waals surface area (Å²) in [5, 5.41) is 1.15. The number of benzene rings is 2. The van der Waals surface area contributed by atoms with Crippen molar-refractivity contribution in [3.05, 3.63) is 71.4 Å². The van der Waals surface area contributed by atoms with Gasteiger partial charge in [-0.1, -0.05) is 42.5 Å². The number of likely N-dealkylation sites (N-methyl/N-ethyl adjacent to an activating group) is 1. The number of hydrogen-bond acceptors (Lipinski definition) is 2. The first kappa shape index (κ1) is 16.9. The maximum Gasteiger partial charge on any atom is 0.226 e. The van der Waals surface area contributed by atoms with Crippen molar-refractivity contribution in [2.45, 2.75) is 25.6 Å². The highest BCUT2D eigenvalue weighted by atomic mass is 16.5. The Morgan fingerprint density at radius 1 is 1.15 bits per heavy atom. The van der Waals surface area contributed by atoms with Gasteiger partial charge in [-0.15, -0.1) is 0 Å². The highest BCUT2D eigenvalue weighted by molar-refractivity contribution is 5.89. The van der Waals surface area contributed by atoms with E-state index in [1.807, 2.05) is 32.3 Å². The van der Waals surface area contributed by atoms with Gasteiger partial charge in [0.2, 0.25) is 5.91 Å². The fraction of sp³-hybridized carbons (Fsp3) is 0.318. The van der Waals surface area contributed by atoms with Crippen LogP contribution in [0.25, 0.3) is 10.9 Å². The number of nitrogens with zero attached hydrogens (tertiary/aromatic N) is 2. The second-order valence-electron chi connectivity index (χ2n) is 7.14. The molecule has 0 N–H and O–H groups in total. The lowest BCUT2D eigenvalue weighted by molar-refractivity contribution is -0.131. The molecule has 2 aromatic carbocycles. The molecule has 1 aromatic heterocycles. The van der Waals surface area contributed by atoms with Crippen molar-refractivity contribution in [3.63, 3.8) is 0 Å². The van der Waals surface area contributed by atoms with Crippen molar-refractivity contribution in [1.82, 2.24) is 9.47 Å². The third-order valence-corrected chi connectivity index (χ3v) is 5.26. The number of aryl methyl sites for hydroxylation is 1. The van der Waals surface area contributed by atoms with Crippen LogP contribution in [0.3, 0.4) is 0 Å². The summed E-state index contributed by atoms with van der Waals surface area (Å²) in [6.45, 7) is 1.25. The number of para-hydroxylation sites is 1. The standard InChI is InChI=1S/C22H24N2O2/c1-23-13-18(20-9-5-6-10-21(20)23)12-22(25)24(2)14-19-11-16-7-3-4-8-17(16)15-26-19/h3-10,13,19H,11-12,14-15H2,1-2H3. The molecule has 0 radical (unpaired) electrons.